The van der Waals surface area contributed by atoms with Gasteiger partial charge < -0.3 is 10.1 Å². The zero-order valence-corrected chi connectivity index (χ0v) is 16.2. The van der Waals surface area contributed by atoms with E-state index >= 15 is 0 Å². The molecule has 0 spiro atoms. The van der Waals surface area contributed by atoms with Crippen molar-refractivity contribution in [2.45, 2.75) is 13.0 Å². The molecule has 9 nitrogen and oxygen atoms in total. The molecule has 1 fully saturated rings. The Morgan fingerprint density at radius 3 is 2.90 bits per heavy atom. The van der Waals surface area contributed by atoms with Gasteiger partial charge in [-0.2, -0.15) is 0 Å². The first-order valence-electron chi connectivity index (χ1n) is 9.42. The molecular formula is C20H20FN5O4. The highest BCUT2D eigenvalue weighted by molar-refractivity contribution is 5.96. The lowest BCUT2D eigenvalue weighted by molar-refractivity contribution is -0.119. The number of amidine groups is 1. The molecule has 2 N–H and O–H groups in total. The Balaban J connectivity index is 1.49. The minimum absolute atomic E-state index is 0.210. The second-order valence-electron chi connectivity index (χ2n) is 6.83. The van der Waals surface area contributed by atoms with Crippen molar-refractivity contribution >= 4 is 23.5 Å². The van der Waals surface area contributed by atoms with Crippen LogP contribution in [-0.4, -0.2) is 55.2 Å². The fraction of sp³-hybridized carbons (Fsp3) is 0.300. The molecule has 156 valence electrons. The molecule has 1 aromatic carbocycles. The summed E-state index contributed by atoms with van der Waals surface area (Å²) in [6, 6.07) is 8.00. The van der Waals surface area contributed by atoms with Crippen LogP contribution in [0.25, 0.3) is 11.1 Å². The van der Waals surface area contributed by atoms with Gasteiger partial charge in [0, 0.05) is 24.2 Å². The molecule has 2 aromatic rings. The molecule has 4 rings (SSSR count). The van der Waals surface area contributed by atoms with Gasteiger partial charge in [-0.1, -0.05) is 6.07 Å². The Kier molecular flexibility index (Phi) is 5.57. The van der Waals surface area contributed by atoms with E-state index in [0.29, 0.717) is 41.5 Å². The average molecular weight is 413 g/mol. The SMILES string of the molecule is CC(=O)NC[C@H]1CN(c2ccc(-c3ccc(C4=NCCON4)nc3)c(F)c2)C(=O)O1. The Morgan fingerprint density at radius 1 is 1.37 bits per heavy atom. The number of benzene rings is 1. The van der Waals surface area contributed by atoms with Crippen LogP contribution >= 0.6 is 0 Å². The monoisotopic (exact) mass is 413 g/mol. The summed E-state index contributed by atoms with van der Waals surface area (Å²) < 4.78 is 20.0. The highest BCUT2D eigenvalue weighted by atomic mass is 19.1. The second-order valence-corrected chi connectivity index (χ2v) is 6.83. The van der Waals surface area contributed by atoms with E-state index in [0.717, 1.165) is 0 Å². The third kappa shape index (κ3) is 4.23. The minimum atomic E-state index is -0.577. The van der Waals surface area contributed by atoms with E-state index < -0.39 is 18.0 Å². The molecule has 0 unspecified atom stereocenters. The van der Waals surface area contributed by atoms with E-state index in [1.54, 1.807) is 30.5 Å². The number of aromatic nitrogens is 1. The predicted molar refractivity (Wildman–Crippen MR) is 106 cm³/mol. The number of ether oxygens (including phenoxy) is 1. The molecule has 2 amide bonds. The number of nitrogens with zero attached hydrogens (tertiary/aromatic N) is 3. The number of hydrogen-bond acceptors (Lipinski definition) is 7. The highest BCUT2D eigenvalue weighted by Gasteiger charge is 2.32. The molecule has 3 heterocycles. The molecule has 1 saturated heterocycles. The van der Waals surface area contributed by atoms with Gasteiger partial charge in [-0.25, -0.2) is 14.7 Å². The normalized spacial score (nSPS) is 18.5. The van der Waals surface area contributed by atoms with Gasteiger partial charge in [0.2, 0.25) is 5.91 Å². The van der Waals surface area contributed by atoms with Gasteiger partial charge in [0.05, 0.1) is 31.9 Å². The van der Waals surface area contributed by atoms with Gasteiger partial charge in [-0.15, -0.1) is 0 Å². The lowest BCUT2D eigenvalue weighted by Gasteiger charge is -2.15. The van der Waals surface area contributed by atoms with Gasteiger partial charge in [0.25, 0.3) is 0 Å². The van der Waals surface area contributed by atoms with E-state index in [4.69, 9.17) is 9.57 Å². The van der Waals surface area contributed by atoms with E-state index in [9.17, 15) is 14.0 Å². The topological polar surface area (TPSA) is 105 Å². The number of cyclic esters (lactones) is 1. The maximum absolute atomic E-state index is 14.8. The number of carbonyl (C=O) groups is 2. The summed E-state index contributed by atoms with van der Waals surface area (Å²) in [5.41, 5.74) is 4.64. The van der Waals surface area contributed by atoms with Crippen molar-refractivity contribution in [3.63, 3.8) is 0 Å². The zero-order valence-electron chi connectivity index (χ0n) is 16.2. The van der Waals surface area contributed by atoms with Gasteiger partial charge in [0.1, 0.15) is 17.6 Å². The van der Waals surface area contributed by atoms with Gasteiger partial charge in [0.15, 0.2) is 5.84 Å². The fourth-order valence-electron chi connectivity index (χ4n) is 3.18. The summed E-state index contributed by atoms with van der Waals surface area (Å²) in [5, 5.41) is 2.61. The molecule has 30 heavy (non-hydrogen) atoms. The number of carbonyl (C=O) groups excluding carboxylic acids is 2. The highest BCUT2D eigenvalue weighted by Crippen LogP contribution is 2.29. The summed E-state index contributed by atoms with van der Waals surface area (Å²) in [6.07, 6.45) is 0.493. The van der Waals surface area contributed by atoms with Gasteiger partial charge in [-0.3, -0.25) is 24.5 Å². The number of anilines is 1. The van der Waals surface area contributed by atoms with E-state index in [1.165, 1.54) is 17.9 Å². The van der Waals surface area contributed by atoms with Crippen LogP contribution < -0.4 is 15.7 Å². The Labute approximate surface area is 171 Å². The zero-order chi connectivity index (χ0) is 21.1. The van der Waals surface area contributed by atoms with Gasteiger partial charge >= 0.3 is 6.09 Å². The van der Waals surface area contributed by atoms with Crippen LogP contribution in [0.4, 0.5) is 14.9 Å². The largest absolute Gasteiger partial charge is 0.442 e. The van der Waals surface area contributed by atoms with Crippen molar-refractivity contribution in [3.05, 3.63) is 48.0 Å². The molecule has 1 aromatic heterocycles. The average Bonchev–Trinajstić information content (AvgIpc) is 3.13. The number of hydroxylamine groups is 1. The number of hydrogen-bond donors (Lipinski definition) is 2. The Bertz CT molecular complexity index is 995. The van der Waals surface area contributed by atoms with Crippen LogP contribution in [0.5, 0.6) is 0 Å². The maximum atomic E-state index is 14.8. The maximum Gasteiger partial charge on any atom is 0.414 e. The summed E-state index contributed by atoms with van der Waals surface area (Å²) in [6.45, 7) is 2.87. The third-order valence-electron chi connectivity index (χ3n) is 4.67. The first-order valence-corrected chi connectivity index (χ1v) is 9.42. The summed E-state index contributed by atoms with van der Waals surface area (Å²) >= 11 is 0. The van der Waals surface area contributed by atoms with E-state index in [1.807, 2.05) is 0 Å². The fourth-order valence-corrected chi connectivity index (χ4v) is 3.18. The smallest absolute Gasteiger partial charge is 0.414 e. The van der Waals surface area contributed by atoms with Crippen molar-refractivity contribution in [3.8, 4) is 11.1 Å². The molecule has 1 atom stereocenters. The minimum Gasteiger partial charge on any atom is -0.442 e. The summed E-state index contributed by atoms with van der Waals surface area (Å²) in [7, 11) is 0. The number of aliphatic imine (C=N–C) groups is 1. The van der Waals surface area contributed by atoms with E-state index in [2.05, 4.69) is 20.8 Å². The number of amides is 2. The van der Waals surface area contributed by atoms with Crippen LogP contribution in [0.3, 0.4) is 0 Å². The lowest BCUT2D eigenvalue weighted by Crippen LogP contribution is -2.33. The third-order valence-corrected chi connectivity index (χ3v) is 4.67. The van der Waals surface area contributed by atoms with Crippen molar-refractivity contribution in [2.75, 3.05) is 31.1 Å². The molecule has 2 aliphatic heterocycles. The van der Waals surface area contributed by atoms with Crippen LogP contribution in [0.2, 0.25) is 0 Å². The molecule has 0 aliphatic carbocycles. The molecule has 0 saturated carbocycles. The van der Waals surface area contributed by atoms with Gasteiger partial charge in [-0.05, 0) is 24.3 Å². The van der Waals surface area contributed by atoms with E-state index in [-0.39, 0.29) is 19.0 Å². The molecule has 0 bridgehead atoms. The van der Waals surface area contributed by atoms with Crippen LogP contribution in [-0.2, 0) is 14.4 Å². The lowest BCUT2D eigenvalue weighted by atomic mass is 10.1. The molecular weight excluding hydrogens is 393 g/mol. The Morgan fingerprint density at radius 2 is 2.23 bits per heavy atom. The number of nitrogens with one attached hydrogen (secondary N) is 2. The van der Waals surface area contributed by atoms with Crippen molar-refractivity contribution < 1.29 is 23.6 Å². The van der Waals surface area contributed by atoms with Crippen LogP contribution in [0, 0.1) is 5.82 Å². The first-order chi connectivity index (χ1) is 14.5. The quantitative estimate of drug-likeness (QED) is 0.772. The first kappa shape index (κ1) is 19.8. The molecule has 0 radical (unpaired) electrons. The molecule has 10 heteroatoms. The van der Waals surface area contributed by atoms with Crippen molar-refractivity contribution in [2.24, 2.45) is 4.99 Å². The number of pyridine rings is 1. The molecule has 2 aliphatic rings. The van der Waals surface area contributed by atoms with Crippen LogP contribution in [0.15, 0.2) is 41.5 Å². The summed E-state index contributed by atoms with van der Waals surface area (Å²) in [4.78, 5) is 38.2. The standard InChI is InChI=1S/C20H20FN5O4/c1-12(27)23-10-15-11-26(20(28)30-15)14-3-4-16(17(21)8-14)13-2-5-18(24-9-13)19-22-6-7-29-25-19/h2-5,8-9,15H,6-7,10-11H2,1H3,(H,22,25)(H,23,27)/t15-/m0/s1. The van der Waals surface area contributed by atoms with Crippen LogP contribution in [0.1, 0.15) is 12.6 Å². The number of halogens is 1. The van der Waals surface area contributed by atoms with Crippen molar-refractivity contribution in [1.29, 1.82) is 0 Å². The number of rotatable bonds is 5. The van der Waals surface area contributed by atoms with Crippen molar-refractivity contribution in [1.82, 2.24) is 15.8 Å². The predicted octanol–water partition coefficient (Wildman–Crippen LogP) is 1.63. The second kappa shape index (κ2) is 8.46. The summed E-state index contributed by atoms with van der Waals surface area (Å²) in [5.74, 6) is -0.167. The Hall–Kier alpha value is -3.53.